The number of nitrogens with one attached hydrogen (secondary N) is 2. The van der Waals surface area contributed by atoms with Gasteiger partial charge in [0, 0.05) is 16.0 Å². The van der Waals surface area contributed by atoms with Crippen molar-refractivity contribution < 1.29 is 14.4 Å². The lowest BCUT2D eigenvalue weighted by atomic mass is 9.96. The second kappa shape index (κ2) is 7.02. The fourth-order valence-electron chi connectivity index (χ4n) is 3.25. The number of carbonyl (C=O) groups is 3. The molecule has 28 heavy (non-hydrogen) atoms. The van der Waals surface area contributed by atoms with Crippen molar-refractivity contribution in [2.45, 2.75) is 25.3 Å². The van der Waals surface area contributed by atoms with Crippen LogP contribution in [0.1, 0.15) is 19.8 Å². The number of hydrogen-bond acceptors (Lipinski definition) is 5. The molecule has 1 aromatic carbocycles. The molecule has 0 radical (unpaired) electrons. The van der Waals surface area contributed by atoms with Crippen molar-refractivity contribution in [1.82, 2.24) is 15.2 Å². The predicted octanol–water partition coefficient (Wildman–Crippen LogP) is 3.78. The average Bonchev–Trinajstić information content (AvgIpc) is 3.36. The smallest absolute Gasteiger partial charge is 0.323 e. The monoisotopic (exact) mass is 438 g/mol. The third kappa shape index (κ3) is 3.47. The van der Waals surface area contributed by atoms with E-state index >= 15 is 0 Å². The Kier molecular flexibility index (Phi) is 4.81. The summed E-state index contributed by atoms with van der Waals surface area (Å²) in [5.74, 6) is -0.711. The van der Waals surface area contributed by atoms with Gasteiger partial charge in [0.2, 0.25) is 5.91 Å². The number of anilines is 1. The molecule has 0 spiro atoms. The highest BCUT2D eigenvalue weighted by atomic mass is 35.5. The van der Waals surface area contributed by atoms with Gasteiger partial charge in [-0.3, -0.25) is 14.5 Å². The second-order valence-electron chi connectivity index (χ2n) is 7.01. The fourth-order valence-corrected chi connectivity index (χ4v) is 4.48. The Morgan fingerprint density at radius 2 is 2.14 bits per heavy atom. The Labute approximate surface area is 175 Å². The number of aromatic nitrogens is 1. The van der Waals surface area contributed by atoms with Crippen LogP contribution in [0.15, 0.2) is 23.6 Å². The van der Waals surface area contributed by atoms with Crippen molar-refractivity contribution in [2.75, 3.05) is 11.9 Å². The van der Waals surface area contributed by atoms with Gasteiger partial charge < -0.3 is 10.6 Å². The zero-order chi connectivity index (χ0) is 20.1. The summed E-state index contributed by atoms with van der Waals surface area (Å²) in [6, 6.07) is 4.53. The normalized spacial score (nSPS) is 21.8. The Bertz CT molecular complexity index is 991. The van der Waals surface area contributed by atoms with E-state index in [-0.39, 0.29) is 18.4 Å². The van der Waals surface area contributed by atoms with E-state index in [2.05, 4.69) is 15.6 Å². The summed E-state index contributed by atoms with van der Waals surface area (Å²) in [5.41, 5.74) is 0.382. The number of carbonyl (C=O) groups excluding carboxylic acids is 3. The van der Waals surface area contributed by atoms with Crippen LogP contribution in [0.25, 0.3) is 11.3 Å². The maximum atomic E-state index is 12.6. The molecule has 146 valence electrons. The van der Waals surface area contributed by atoms with Crippen molar-refractivity contribution in [3.8, 4) is 11.3 Å². The van der Waals surface area contributed by atoms with Gasteiger partial charge in [-0.1, -0.05) is 23.2 Å². The van der Waals surface area contributed by atoms with Crippen LogP contribution in [0.5, 0.6) is 0 Å². The van der Waals surface area contributed by atoms with Crippen LogP contribution in [0.2, 0.25) is 10.0 Å². The lowest BCUT2D eigenvalue weighted by Gasteiger charge is -2.20. The SMILES string of the molecule is CC1(C2CC2)NC(=O)N(CC(=O)Nc2nc(-c3ccc(Cl)cc3Cl)cs2)C1=O. The number of amides is 4. The van der Waals surface area contributed by atoms with E-state index < -0.39 is 17.5 Å². The molecule has 1 aromatic heterocycles. The van der Waals surface area contributed by atoms with Gasteiger partial charge in [-0.2, -0.15) is 0 Å². The number of thiazole rings is 1. The minimum absolute atomic E-state index is 0.141. The topological polar surface area (TPSA) is 91.4 Å². The summed E-state index contributed by atoms with van der Waals surface area (Å²) < 4.78 is 0. The Morgan fingerprint density at radius 3 is 2.82 bits per heavy atom. The zero-order valence-electron chi connectivity index (χ0n) is 14.8. The molecule has 1 aliphatic carbocycles. The largest absolute Gasteiger partial charge is 0.325 e. The molecule has 2 aromatic rings. The molecule has 4 rings (SSSR count). The summed E-state index contributed by atoms with van der Waals surface area (Å²) in [6.45, 7) is 1.36. The molecule has 4 amide bonds. The van der Waals surface area contributed by atoms with Gasteiger partial charge in [-0.25, -0.2) is 9.78 Å². The molecular weight excluding hydrogens is 423 g/mol. The minimum Gasteiger partial charge on any atom is -0.323 e. The molecule has 2 N–H and O–H groups in total. The first-order valence-electron chi connectivity index (χ1n) is 8.63. The van der Waals surface area contributed by atoms with Crippen LogP contribution >= 0.6 is 34.5 Å². The Morgan fingerprint density at radius 1 is 1.39 bits per heavy atom. The summed E-state index contributed by atoms with van der Waals surface area (Å²) in [7, 11) is 0. The molecule has 0 bridgehead atoms. The number of rotatable bonds is 5. The highest BCUT2D eigenvalue weighted by molar-refractivity contribution is 7.14. The number of halogens is 2. The standard InChI is InChI=1S/C18H16Cl2N4O3S/c1-18(9-2-3-9)15(26)24(17(27)23-18)7-14(25)22-16-21-13(8-28-16)11-5-4-10(19)6-12(11)20/h4-6,8-9H,2-3,7H2,1H3,(H,23,27)(H,21,22,25). The Hall–Kier alpha value is -2.16. The molecule has 1 saturated heterocycles. The average molecular weight is 439 g/mol. The number of benzene rings is 1. The lowest BCUT2D eigenvalue weighted by Crippen LogP contribution is -2.46. The van der Waals surface area contributed by atoms with Gasteiger partial charge in [-0.05, 0) is 43.9 Å². The van der Waals surface area contributed by atoms with E-state index in [1.807, 2.05) is 0 Å². The van der Waals surface area contributed by atoms with Gasteiger partial charge in [0.1, 0.15) is 12.1 Å². The third-order valence-electron chi connectivity index (χ3n) is 4.95. The van der Waals surface area contributed by atoms with Gasteiger partial charge in [-0.15, -0.1) is 11.3 Å². The first-order chi connectivity index (χ1) is 13.3. The maximum Gasteiger partial charge on any atom is 0.325 e. The van der Waals surface area contributed by atoms with E-state index in [0.29, 0.717) is 26.4 Å². The predicted molar refractivity (Wildman–Crippen MR) is 108 cm³/mol. The minimum atomic E-state index is -0.906. The number of imide groups is 1. The molecule has 1 saturated carbocycles. The molecule has 1 aliphatic heterocycles. The van der Waals surface area contributed by atoms with E-state index in [1.54, 1.807) is 30.5 Å². The van der Waals surface area contributed by atoms with Crippen molar-refractivity contribution in [1.29, 1.82) is 0 Å². The molecule has 2 aliphatic rings. The number of hydrogen-bond donors (Lipinski definition) is 2. The quantitative estimate of drug-likeness (QED) is 0.694. The highest BCUT2D eigenvalue weighted by Crippen LogP contribution is 2.42. The molecule has 10 heteroatoms. The second-order valence-corrected chi connectivity index (χ2v) is 8.71. The fraction of sp³-hybridized carbons (Fsp3) is 0.333. The van der Waals surface area contributed by atoms with E-state index in [9.17, 15) is 14.4 Å². The summed E-state index contributed by atoms with van der Waals surface area (Å²) in [5, 5.41) is 8.42. The third-order valence-corrected chi connectivity index (χ3v) is 6.26. The van der Waals surface area contributed by atoms with Crippen LogP contribution in [0.4, 0.5) is 9.93 Å². The molecule has 2 fully saturated rings. The molecule has 1 atom stereocenters. The summed E-state index contributed by atoms with van der Waals surface area (Å²) in [6.07, 6.45) is 1.80. The first-order valence-corrected chi connectivity index (χ1v) is 10.3. The van der Waals surface area contributed by atoms with Crippen LogP contribution in [0, 0.1) is 5.92 Å². The number of urea groups is 1. The molecule has 7 nitrogen and oxygen atoms in total. The van der Waals surface area contributed by atoms with E-state index in [1.165, 1.54) is 11.3 Å². The van der Waals surface area contributed by atoms with Crippen LogP contribution < -0.4 is 10.6 Å². The van der Waals surface area contributed by atoms with Crippen LogP contribution in [0.3, 0.4) is 0 Å². The van der Waals surface area contributed by atoms with Crippen LogP contribution in [-0.2, 0) is 9.59 Å². The van der Waals surface area contributed by atoms with Crippen LogP contribution in [-0.4, -0.2) is 39.8 Å². The molecular formula is C18H16Cl2N4O3S. The summed E-state index contributed by atoms with van der Waals surface area (Å²) in [4.78, 5) is 42.4. The zero-order valence-corrected chi connectivity index (χ0v) is 17.1. The van der Waals surface area contributed by atoms with Gasteiger partial charge in [0.05, 0.1) is 10.7 Å². The number of nitrogens with zero attached hydrogens (tertiary/aromatic N) is 2. The van der Waals surface area contributed by atoms with E-state index in [0.717, 1.165) is 17.7 Å². The summed E-state index contributed by atoms with van der Waals surface area (Å²) >= 11 is 13.3. The lowest BCUT2D eigenvalue weighted by molar-refractivity contribution is -0.134. The highest BCUT2D eigenvalue weighted by Gasteiger charge is 2.56. The van der Waals surface area contributed by atoms with Gasteiger partial charge >= 0.3 is 6.03 Å². The van der Waals surface area contributed by atoms with Crippen molar-refractivity contribution >= 4 is 57.5 Å². The maximum absolute atomic E-state index is 12.6. The van der Waals surface area contributed by atoms with E-state index in [4.69, 9.17) is 23.2 Å². The molecule has 1 unspecified atom stereocenters. The Balaban J connectivity index is 1.43. The first kappa shape index (κ1) is 19.2. The van der Waals surface area contributed by atoms with Crippen molar-refractivity contribution in [3.63, 3.8) is 0 Å². The molecule has 2 heterocycles. The van der Waals surface area contributed by atoms with Gasteiger partial charge in [0.15, 0.2) is 5.13 Å². The van der Waals surface area contributed by atoms with Crippen molar-refractivity contribution in [2.24, 2.45) is 5.92 Å². The van der Waals surface area contributed by atoms with Crippen molar-refractivity contribution in [3.05, 3.63) is 33.6 Å². The van der Waals surface area contributed by atoms with Gasteiger partial charge in [0.25, 0.3) is 5.91 Å².